The minimum Gasteiger partial charge on any atom is -0.481 e. The largest absolute Gasteiger partial charge is 0.481 e. The van der Waals surface area contributed by atoms with Gasteiger partial charge in [-0.3, -0.25) is 9.59 Å². The summed E-state index contributed by atoms with van der Waals surface area (Å²) in [5.74, 6) is 0.734. The minimum absolute atomic E-state index is 0.102. The van der Waals surface area contributed by atoms with Crippen molar-refractivity contribution in [2.24, 2.45) is 0 Å². The van der Waals surface area contributed by atoms with E-state index in [1.54, 1.807) is 7.11 Å². The van der Waals surface area contributed by atoms with Crippen LogP contribution in [0, 0.1) is 0 Å². The van der Waals surface area contributed by atoms with Crippen molar-refractivity contribution in [1.29, 1.82) is 0 Å². The van der Waals surface area contributed by atoms with E-state index in [0.29, 0.717) is 54.1 Å². The van der Waals surface area contributed by atoms with E-state index in [0.717, 1.165) is 64.1 Å². The molecule has 2 fully saturated rings. The summed E-state index contributed by atoms with van der Waals surface area (Å²) >= 11 is 14.2. The van der Waals surface area contributed by atoms with Crippen molar-refractivity contribution < 1.29 is 14.3 Å². The zero-order valence-corrected chi connectivity index (χ0v) is 28.6. The molecule has 5 heterocycles. The van der Waals surface area contributed by atoms with Gasteiger partial charge >= 0.3 is 0 Å². The summed E-state index contributed by atoms with van der Waals surface area (Å²) in [6.07, 6.45) is 6.92. The number of nitrogens with one attached hydrogen (secondary N) is 4. The Labute approximate surface area is 294 Å². The van der Waals surface area contributed by atoms with Crippen LogP contribution >= 0.6 is 23.2 Å². The number of carbonyl (C=O) groups excluding carboxylic acids is 2. The Kier molecular flexibility index (Phi) is 9.81. The highest BCUT2D eigenvalue weighted by Gasteiger charge is 2.22. The number of pyridine rings is 2. The van der Waals surface area contributed by atoms with Crippen molar-refractivity contribution in [2.75, 3.05) is 20.2 Å². The molecule has 12 heteroatoms. The highest BCUT2D eigenvalue weighted by molar-refractivity contribution is 6.39. The molecule has 0 aliphatic carbocycles. The van der Waals surface area contributed by atoms with E-state index >= 15 is 0 Å². The lowest BCUT2D eigenvalue weighted by atomic mass is 9.98. The second-order valence-corrected chi connectivity index (χ2v) is 13.3. The van der Waals surface area contributed by atoms with E-state index in [2.05, 4.69) is 33.5 Å². The zero-order valence-electron chi connectivity index (χ0n) is 27.1. The van der Waals surface area contributed by atoms with Gasteiger partial charge in [0.1, 0.15) is 5.65 Å². The highest BCUT2D eigenvalue weighted by atomic mass is 35.5. The second kappa shape index (κ2) is 14.6. The van der Waals surface area contributed by atoms with Crippen LogP contribution in [-0.2, 0) is 22.7 Å². The summed E-state index contributed by atoms with van der Waals surface area (Å²) in [6, 6.07) is 20.0. The standard InChI is InChI=1S/C37H37Cl2N7O3/c1-49-37-23(17-41-19-25-11-15-34(48)43-25)9-12-30(45-37)28-6-2-4-26(35(28)38)27-5-3-7-29(36(27)39)31-21-46-20-22(8-13-32(46)44-31)16-40-18-24-10-14-33(47)42-24/h2-9,12-13,20-21,24-25,40-41H,10-11,14-19H2,1H3,(H,42,47)(H,43,48)/t24-,25-/m0/s1. The van der Waals surface area contributed by atoms with Crippen LogP contribution in [0.1, 0.15) is 36.8 Å². The van der Waals surface area contributed by atoms with E-state index in [1.807, 2.05) is 65.2 Å². The van der Waals surface area contributed by atoms with Crippen LogP contribution in [0.25, 0.3) is 39.3 Å². The van der Waals surface area contributed by atoms with E-state index in [1.165, 1.54) is 0 Å². The fourth-order valence-corrected chi connectivity index (χ4v) is 7.16. The summed E-state index contributed by atoms with van der Waals surface area (Å²) in [5, 5.41) is 13.9. The molecule has 2 aliphatic heterocycles. The first-order chi connectivity index (χ1) is 23.9. The van der Waals surface area contributed by atoms with Crippen LogP contribution in [0.4, 0.5) is 0 Å². The molecule has 10 nitrogen and oxygen atoms in total. The number of carbonyl (C=O) groups is 2. The van der Waals surface area contributed by atoms with Gasteiger partial charge in [-0.1, -0.05) is 71.7 Å². The molecule has 0 spiro atoms. The molecule has 7 rings (SSSR count). The van der Waals surface area contributed by atoms with E-state index < -0.39 is 0 Å². The Bertz CT molecular complexity index is 2030. The Morgan fingerprint density at radius 3 is 1.98 bits per heavy atom. The fraction of sp³-hybridized carbons (Fsp3) is 0.297. The van der Waals surface area contributed by atoms with Crippen LogP contribution in [-0.4, -0.2) is 58.5 Å². The van der Waals surface area contributed by atoms with Crippen molar-refractivity contribution in [3.63, 3.8) is 0 Å². The van der Waals surface area contributed by atoms with Gasteiger partial charge in [-0.15, -0.1) is 0 Å². The molecule has 0 bridgehead atoms. The number of rotatable bonds is 12. The zero-order chi connectivity index (χ0) is 33.9. The van der Waals surface area contributed by atoms with Crippen LogP contribution < -0.4 is 26.0 Å². The molecule has 2 saturated heterocycles. The number of hydrogen-bond donors (Lipinski definition) is 4. The Morgan fingerprint density at radius 1 is 0.755 bits per heavy atom. The van der Waals surface area contributed by atoms with E-state index in [-0.39, 0.29) is 23.9 Å². The topological polar surface area (TPSA) is 122 Å². The number of aromatic nitrogens is 3. The number of halogens is 2. The van der Waals surface area contributed by atoms with Crippen molar-refractivity contribution in [3.05, 3.63) is 94.2 Å². The van der Waals surface area contributed by atoms with Gasteiger partial charge in [0.15, 0.2) is 0 Å². The van der Waals surface area contributed by atoms with Crippen molar-refractivity contribution >= 4 is 40.7 Å². The van der Waals surface area contributed by atoms with Gasteiger partial charge < -0.3 is 30.4 Å². The number of imidazole rings is 1. The van der Waals surface area contributed by atoms with Crippen LogP contribution in [0.5, 0.6) is 5.88 Å². The summed E-state index contributed by atoms with van der Waals surface area (Å²) in [5.41, 5.74) is 7.40. The average Bonchev–Trinajstić information content (AvgIpc) is 3.84. The molecule has 252 valence electrons. The van der Waals surface area contributed by atoms with Crippen molar-refractivity contribution in [3.8, 4) is 39.5 Å². The molecule has 2 aromatic carbocycles. The van der Waals surface area contributed by atoms with Gasteiger partial charge in [0, 0.05) is 91.3 Å². The number of benzene rings is 2. The first kappa shape index (κ1) is 33.0. The molecule has 0 saturated carbocycles. The van der Waals surface area contributed by atoms with Crippen molar-refractivity contribution in [1.82, 2.24) is 35.6 Å². The number of amides is 2. The number of nitrogens with zero attached hydrogens (tertiary/aromatic N) is 3. The smallest absolute Gasteiger partial charge is 0.220 e. The molecule has 49 heavy (non-hydrogen) atoms. The van der Waals surface area contributed by atoms with Crippen LogP contribution in [0.2, 0.25) is 10.0 Å². The molecular weight excluding hydrogens is 661 g/mol. The van der Waals surface area contributed by atoms with Gasteiger partial charge in [0.05, 0.1) is 28.5 Å². The maximum Gasteiger partial charge on any atom is 0.220 e. The average molecular weight is 699 g/mol. The summed E-state index contributed by atoms with van der Waals surface area (Å²) in [7, 11) is 1.60. The monoisotopic (exact) mass is 697 g/mol. The first-order valence-corrected chi connectivity index (χ1v) is 17.2. The van der Waals surface area contributed by atoms with Gasteiger partial charge in [-0.05, 0) is 30.5 Å². The predicted molar refractivity (Wildman–Crippen MR) is 192 cm³/mol. The predicted octanol–water partition coefficient (Wildman–Crippen LogP) is 5.78. The number of ether oxygens (including phenoxy) is 1. The third-order valence-electron chi connectivity index (χ3n) is 9.08. The molecule has 5 aromatic rings. The molecule has 2 aliphatic rings. The summed E-state index contributed by atoms with van der Waals surface area (Å²) in [6.45, 7) is 2.66. The third-order valence-corrected chi connectivity index (χ3v) is 9.89. The quantitative estimate of drug-likeness (QED) is 0.130. The molecule has 0 unspecified atom stereocenters. The molecular formula is C37H37Cl2N7O3. The van der Waals surface area contributed by atoms with Gasteiger partial charge in [-0.25, -0.2) is 9.97 Å². The molecule has 2 amide bonds. The lowest BCUT2D eigenvalue weighted by Crippen LogP contribution is -2.35. The first-order valence-electron chi connectivity index (χ1n) is 16.5. The minimum atomic E-state index is 0.102. The van der Waals surface area contributed by atoms with Crippen molar-refractivity contribution in [2.45, 2.75) is 50.9 Å². The SMILES string of the molecule is COc1nc(-c2cccc(-c3cccc(-c4cn5cc(CNC[C@@H]6CCC(=O)N6)ccc5n4)c3Cl)c2Cl)ccc1CNC[C@@H]1CCC(=O)N1. The summed E-state index contributed by atoms with van der Waals surface area (Å²) in [4.78, 5) is 32.6. The highest BCUT2D eigenvalue weighted by Crippen LogP contribution is 2.42. The van der Waals surface area contributed by atoms with E-state index in [4.69, 9.17) is 37.9 Å². The lowest BCUT2D eigenvalue weighted by Gasteiger charge is -2.15. The second-order valence-electron chi connectivity index (χ2n) is 12.5. The summed E-state index contributed by atoms with van der Waals surface area (Å²) < 4.78 is 7.66. The Morgan fingerprint density at radius 2 is 1.37 bits per heavy atom. The van der Waals surface area contributed by atoms with Gasteiger partial charge in [0.2, 0.25) is 17.7 Å². The Hall–Kier alpha value is -4.48. The van der Waals surface area contributed by atoms with E-state index in [9.17, 15) is 9.59 Å². The van der Waals surface area contributed by atoms with Gasteiger partial charge in [0.25, 0.3) is 0 Å². The third kappa shape index (κ3) is 7.28. The molecule has 0 radical (unpaired) electrons. The lowest BCUT2D eigenvalue weighted by molar-refractivity contribution is -0.120. The Balaban J connectivity index is 1.09. The van der Waals surface area contributed by atoms with Gasteiger partial charge in [-0.2, -0.15) is 0 Å². The maximum absolute atomic E-state index is 11.5. The molecule has 4 N–H and O–H groups in total. The molecule has 3 aromatic heterocycles. The van der Waals surface area contributed by atoms with Crippen LogP contribution in [0.15, 0.2) is 73.1 Å². The number of fused-ring (bicyclic) bond motifs is 1. The fourth-order valence-electron chi connectivity index (χ4n) is 6.51. The maximum atomic E-state index is 11.5. The van der Waals surface area contributed by atoms with Crippen LogP contribution in [0.3, 0.4) is 0 Å². The molecule has 2 atom stereocenters. The number of hydrogen-bond acceptors (Lipinski definition) is 7. The normalized spacial score (nSPS) is 17.4. The number of methoxy groups -OCH3 is 1.